The highest BCUT2D eigenvalue weighted by molar-refractivity contribution is 7.93. The van der Waals surface area contributed by atoms with Crippen LogP contribution in [-0.2, 0) is 16.6 Å². The molecule has 9 heteroatoms. The normalized spacial score (nSPS) is 11.6. The number of aromatic carboxylic acids is 1. The summed E-state index contributed by atoms with van der Waals surface area (Å²) in [5, 5.41) is 10.5. The van der Waals surface area contributed by atoms with E-state index in [1.807, 2.05) is 31.2 Å². The Labute approximate surface area is 193 Å². The molecule has 0 unspecified atom stereocenters. The van der Waals surface area contributed by atoms with Crippen molar-refractivity contribution in [3.05, 3.63) is 94.3 Å². The maximum absolute atomic E-state index is 14.1. The monoisotopic (exact) mass is 489 g/mol. The number of nitrogens with zero attached hydrogens (tertiary/aromatic N) is 1. The van der Waals surface area contributed by atoms with Gasteiger partial charge in [-0.2, -0.15) is 0 Å². The van der Waals surface area contributed by atoms with Crippen molar-refractivity contribution in [2.24, 2.45) is 0 Å². The molecule has 3 aromatic carbocycles. The minimum absolute atomic E-state index is 0.0201. The molecule has 1 aromatic heterocycles. The number of rotatable bonds is 6. The highest BCUT2D eigenvalue weighted by Crippen LogP contribution is 2.40. The number of carboxylic acids is 1. The summed E-state index contributed by atoms with van der Waals surface area (Å²) in [7, 11) is -4.09. The number of fused-ring (bicyclic) bond motifs is 1. The van der Waals surface area contributed by atoms with Crippen LogP contribution in [0, 0.1) is 12.7 Å². The van der Waals surface area contributed by atoms with E-state index in [0.717, 1.165) is 15.6 Å². The summed E-state index contributed by atoms with van der Waals surface area (Å²) in [5.74, 6) is -1.79. The van der Waals surface area contributed by atoms with Gasteiger partial charge in [0.1, 0.15) is 10.8 Å². The number of benzene rings is 3. The summed E-state index contributed by atoms with van der Waals surface area (Å²) < 4.78 is 43.5. The molecule has 5 nitrogen and oxygen atoms in total. The second-order valence-electron chi connectivity index (χ2n) is 7.12. The largest absolute Gasteiger partial charge is 0.478 e. The van der Waals surface area contributed by atoms with Crippen LogP contribution in [0.1, 0.15) is 21.5 Å². The molecule has 0 atom stereocenters. The zero-order valence-electron chi connectivity index (χ0n) is 16.7. The summed E-state index contributed by atoms with van der Waals surface area (Å²) in [6.07, 6.45) is 0. The van der Waals surface area contributed by atoms with Gasteiger partial charge in [0.2, 0.25) is 0 Å². The van der Waals surface area contributed by atoms with E-state index in [0.29, 0.717) is 10.6 Å². The number of carboxylic acid groups (broad SMARTS) is 1. The number of aryl methyl sites for hydroxylation is 1. The zero-order valence-corrected chi connectivity index (χ0v) is 19.1. The molecule has 4 rings (SSSR count). The molecule has 0 fully saturated rings. The summed E-state index contributed by atoms with van der Waals surface area (Å²) in [6, 6.07) is 16.8. The summed E-state index contributed by atoms with van der Waals surface area (Å²) in [5.41, 5.74) is 1.19. The van der Waals surface area contributed by atoms with Crippen molar-refractivity contribution in [3.8, 4) is 0 Å². The van der Waals surface area contributed by atoms with E-state index in [1.54, 1.807) is 6.07 Å². The first-order valence-corrected chi connectivity index (χ1v) is 12.1. The van der Waals surface area contributed by atoms with Gasteiger partial charge in [-0.15, -0.1) is 11.3 Å². The zero-order chi connectivity index (χ0) is 23.0. The third-order valence-electron chi connectivity index (χ3n) is 5.04. The van der Waals surface area contributed by atoms with Crippen LogP contribution in [0.15, 0.2) is 71.6 Å². The fourth-order valence-corrected chi connectivity index (χ4v) is 6.41. The number of carbonyl (C=O) groups is 1. The predicted octanol–water partition coefficient (Wildman–Crippen LogP) is 6.10. The number of anilines is 1. The van der Waals surface area contributed by atoms with Crippen LogP contribution in [-0.4, -0.2) is 19.5 Å². The molecule has 0 aliphatic rings. The molecule has 0 bridgehead atoms. The van der Waals surface area contributed by atoms with Crippen LogP contribution in [0.2, 0.25) is 5.02 Å². The standard InChI is InChI=1S/C23H17ClFNO4S2/c1-14-18-4-2-3-5-21(18)31-22(14)26(13-15-6-11-19(24)20(25)12-15)32(29,30)17-9-7-16(8-10-17)23(27)28/h2-12H,13H2,1H3,(H,27,28). The average molecular weight is 490 g/mol. The van der Waals surface area contributed by atoms with Crippen molar-refractivity contribution in [2.75, 3.05) is 4.31 Å². The second-order valence-corrected chi connectivity index (χ2v) is 10.4. The smallest absolute Gasteiger partial charge is 0.335 e. The van der Waals surface area contributed by atoms with Crippen molar-refractivity contribution in [3.63, 3.8) is 0 Å². The first-order valence-electron chi connectivity index (χ1n) is 9.46. The molecule has 1 heterocycles. The maximum Gasteiger partial charge on any atom is 0.335 e. The molecule has 0 spiro atoms. The fraction of sp³-hybridized carbons (Fsp3) is 0.0870. The van der Waals surface area contributed by atoms with Gasteiger partial charge in [0.05, 0.1) is 22.0 Å². The van der Waals surface area contributed by atoms with Crippen molar-refractivity contribution in [1.82, 2.24) is 0 Å². The molecule has 4 aromatic rings. The number of thiophene rings is 1. The molecule has 1 N–H and O–H groups in total. The fourth-order valence-electron chi connectivity index (χ4n) is 3.37. The van der Waals surface area contributed by atoms with E-state index in [4.69, 9.17) is 16.7 Å². The number of hydrogen-bond acceptors (Lipinski definition) is 4. The molecule has 0 aliphatic heterocycles. The van der Waals surface area contributed by atoms with Crippen LogP contribution < -0.4 is 4.31 Å². The predicted molar refractivity (Wildman–Crippen MR) is 125 cm³/mol. The lowest BCUT2D eigenvalue weighted by atomic mass is 10.2. The van der Waals surface area contributed by atoms with Gasteiger partial charge in [0.15, 0.2) is 0 Å². The average Bonchev–Trinajstić information content (AvgIpc) is 3.10. The number of halogens is 2. The molecule has 0 saturated heterocycles. The van der Waals surface area contributed by atoms with E-state index in [1.165, 1.54) is 52.0 Å². The molecule has 164 valence electrons. The Morgan fingerprint density at radius 1 is 1.09 bits per heavy atom. The van der Waals surface area contributed by atoms with Gasteiger partial charge >= 0.3 is 5.97 Å². The first kappa shape index (κ1) is 22.3. The number of hydrogen-bond donors (Lipinski definition) is 1. The number of sulfonamides is 1. The molecule has 0 aliphatic carbocycles. The Balaban J connectivity index is 1.86. The van der Waals surface area contributed by atoms with Crippen LogP contribution in [0.25, 0.3) is 10.1 Å². The van der Waals surface area contributed by atoms with E-state index >= 15 is 0 Å². The van der Waals surface area contributed by atoms with Gasteiger partial charge in [0.25, 0.3) is 10.0 Å². The lowest BCUT2D eigenvalue weighted by molar-refractivity contribution is 0.0696. The molecule has 0 amide bonds. The Morgan fingerprint density at radius 3 is 2.41 bits per heavy atom. The van der Waals surface area contributed by atoms with E-state index in [2.05, 4.69) is 0 Å². The van der Waals surface area contributed by atoms with Crippen molar-refractivity contribution < 1.29 is 22.7 Å². The van der Waals surface area contributed by atoms with Gasteiger partial charge in [-0.3, -0.25) is 4.31 Å². The minimum atomic E-state index is -4.09. The SMILES string of the molecule is Cc1c(N(Cc2ccc(Cl)c(F)c2)S(=O)(=O)c2ccc(C(=O)O)cc2)sc2ccccc12. The Morgan fingerprint density at radius 2 is 1.78 bits per heavy atom. The molecule has 32 heavy (non-hydrogen) atoms. The van der Waals surface area contributed by atoms with Crippen LogP contribution in [0.5, 0.6) is 0 Å². The van der Waals surface area contributed by atoms with E-state index < -0.39 is 21.8 Å². The first-order chi connectivity index (χ1) is 15.2. The Hall–Kier alpha value is -2.94. The van der Waals surface area contributed by atoms with Crippen LogP contribution >= 0.6 is 22.9 Å². The lowest BCUT2D eigenvalue weighted by Gasteiger charge is -2.24. The van der Waals surface area contributed by atoms with Crippen LogP contribution in [0.4, 0.5) is 9.39 Å². The molecule has 0 saturated carbocycles. The summed E-state index contributed by atoms with van der Waals surface area (Å²) in [6.45, 7) is 1.72. The van der Waals surface area contributed by atoms with Crippen molar-refractivity contribution in [1.29, 1.82) is 0 Å². The van der Waals surface area contributed by atoms with Gasteiger partial charge in [0, 0.05) is 4.70 Å². The third kappa shape index (κ3) is 4.09. The topological polar surface area (TPSA) is 74.7 Å². The molecular weight excluding hydrogens is 473 g/mol. The minimum Gasteiger partial charge on any atom is -0.478 e. The van der Waals surface area contributed by atoms with E-state index in [9.17, 15) is 17.6 Å². The van der Waals surface area contributed by atoms with Gasteiger partial charge in [-0.05, 0) is 65.9 Å². The third-order valence-corrected chi connectivity index (χ3v) is 8.52. The Kier molecular flexibility index (Phi) is 5.94. The second kappa shape index (κ2) is 8.54. The highest BCUT2D eigenvalue weighted by atomic mass is 35.5. The van der Waals surface area contributed by atoms with Crippen molar-refractivity contribution in [2.45, 2.75) is 18.4 Å². The van der Waals surface area contributed by atoms with Gasteiger partial charge in [-0.25, -0.2) is 17.6 Å². The summed E-state index contributed by atoms with van der Waals surface area (Å²) >= 11 is 7.11. The van der Waals surface area contributed by atoms with E-state index in [-0.39, 0.29) is 22.0 Å². The summed E-state index contributed by atoms with van der Waals surface area (Å²) in [4.78, 5) is 11.1. The lowest BCUT2D eigenvalue weighted by Crippen LogP contribution is -2.30. The van der Waals surface area contributed by atoms with Crippen molar-refractivity contribution >= 4 is 54.0 Å². The van der Waals surface area contributed by atoms with Crippen LogP contribution in [0.3, 0.4) is 0 Å². The Bertz CT molecular complexity index is 1430. The van der Waals surface area contributed by atoms with Gasteiger partial charge < -0.3 is 5.11 Å². The molecule has 0 radical (unpaired) electrons. The van der Waals surface area contributed by atoms with Gasteiger partial charge in [-0.1, -0.05) is 35.9 Å². The highest BCUT2D eigenvalue weighted by Gasteiger charge is 2.29. The quantitative estimate of drug-likeness (QED) is 0.355. The molecular formula is C23H17ClFNO4S2. The maximum atomic E-state index is 14.1.